The summed E-state index contributed by atoms with van der Waals surface area (Å²) < 4.78 is 13.1. The van der Waals surface area contributed by atoms with Gasteiger partial charge in [0, 0.05) is 11.7 Å². The average Bonchev–Trinajstić information content (AvgIpc) is 2.88. The van der Waals surface area contributed by atoms with Crippen molar-refractivity contribution in [2.24, 2.45) is 0 Å². The maximum Gasteiger partial charge on any atom is 0.252 e. The Morgan fingerprint density at radius 2 is 1.79 bits per heavy atom. The maximum atomic E-state index is 13.1. The summed E-state index contributed by atoms with van der Waals surface area (Å²) in [5.74, 6) is -0.800. The second-order valence-corrected chi connectivity index (χ2v) is 7.33. The number of amides is 2. The Morgan fingerprint density at radius 3 is 2.39 bits per heavy atom. The van der Waals surface area contributed by atoms with E-state index in [4.69, 9.17) is 12.2 Å². The van der Waals surface area contributed by atoms with Crippen LogP contribution in [0.25, 0.3) is 0 Å². The van der Waals surface area contributed by atoms with E-state index in [0.29, 0.717) is 10.8 Å². The number of rotatable bonds is 6. The van der Waals surface area contributed by atoms with E-state index in [1.807, 2.05) is 32.0 Å². The Kier molecular flexibility index (Phi) is 6.04. The van der Waals surface area contributed by atoms with Crippen LogP contribution in [0.1, 0.15) is 25.8 Å². The van der Waals surface area contributed by atoms with Gasteiger partial charge >= 0.3 is 0 Å². The Bertz CT molecular complexity index is 871. The van der Waals surface area contributed by atoms with E-state index in [-0.39, 0.29) is 36.6 Å². The predicted octanol–water partition coefficient (Wildman–Crippen LogP) is 3.56. The molecule has 1 aliphatic rings. The van der Waals surface area contributed by atoms with Crippen LogP contribution in [0.15, 0.2) is 54.6 Å². The van der Waals surface area contributed by atoms with Crippen LogP contribution >= 0.6 is 12.2 Å². The molecule has 1 unspecified atom stereocenters. The van der Waals surface area contributed by atoms with E-state index in [1.165, 1.54) is 17.0 Å². The lowest BCUT2D eigenvalue weighted by atomic mass is 10.1. The van der Waals surface area contributed by atoms with Crippen molar-refractivity contribution in [3.63, 3.8) is 0 Å². The van der Waals surface area contributed by atoms with Crippen molar-refractivity contribution < 1.29 is 14.0 Å². The first-order valence-corrected chi connectivity index (χ1v) is 9.50. The summed E-state index contributed by atoms with van der Waals surface area (Å²) >= 11 is 5.53. The van der Waals surface area contributed by atoms with Crippen molar-refractivity contribution >= 4 is 34.8 Å². The van der Waals surface area contributed by atoms with Crippen LogP contribution in [0.5, 0.6) is 0 Å². The second kappa shape index (κ2) is 8.48. The van der Waals surface area contributed by atoms with E-state index in [2.05, 4.69) is 5.32 Å². The molecule has 0 bridgehead atoms. The normalized spacial score (nSPS) is 16.8. The number of benzene rings is 2. The van der Waals surface area contributed by atoms with E-state index in [9.17, 15) is 14.0 Å². The zero-order valence-electron chi connectivity index (χ0n) is 15.8. The minimum atomic E-state index is -0.656. The van der Waals surface area contributed by atoms with Gasteiger partial charge in [-0.15, -0.1) is 0 Å². The molecule has 0 radical (unpaired) electrons. The summed E-state index contributed by atoms with van der Waals surface area (Å²) in [5, 5.41) is 3.20. The van der Waals surface area contributed by atoms with Gasteiger partial charge in [0.15, 0.2) is 5.11 Å². The lowest BCUT2D eigenvalue weighted by molar-refractivity contribution is -0.131. The van der Waals surface area contributed by atoms with E-state index < -0.39 is 6.04 Å². The van der Waals surface area contributed by atoms with Gasteiger partial charge in [-0.1, -0.05) is 30.3 Å². The first kappa shape index (κ1) is 19.9. The largest absolute Gasteiger partial charge is 0.334 e. The molecule has 0 aliphatic carbocycles. The van der Waals surface area contributed by atoms with Crippen LogP contribution in [-0.2, 0) is 16.1 Å². The fourth-order valence-corrected chi connectivity index (χ4v) is 3.75. The van der Waals surface area contributed by atoms with Gasteiger partial charge in [-0.2, -0.15) is 0 Å². The molecule has 2 aromatic rings. The molecule has 1 N–H and O–H groups in total. The van der Waals surface area contributed by atoms with Gasteiger partial charge in [-0.05, 0) is 55.9 Å². The highest BCUT2D eigenvalue weighted by Crippen LogP contribution is 2.25. The number of para-hydroxylation sites is 1. The zero-order chi connectivity index (χ0) is 20.3. The quantitative estimate of drug-likeness (QED) is 0.755. The molecule has 28 heavy (non-hydrogen) atoms. The highest BCUT2D eigenvalue weighted by Gasteiger charge is 2.44. The van der Waals surface area contributed by atoms with Crippen molar-refractivity contribution in [3.8, 4) is 0 Å². The predicted molar refractivity (Wildman–Crippen MR) is 110 cm³/mol. The Morgan fingerprint density at radius 1 is 1.14 bits per heavy atom. The molecule has 7 heteroatoms. The van der Waals surface area contributed by atoms with Gasteiger partial charge in [0.1, 0.15) is 11.9 Å². The molecule has 0 spiro atoms. The zero-order valence-corrected chi connectivity index (χ0v) is 16.6. The Balaban J connectivity index is 1.75. The fraction of sp³-hybridized carbons (Fsp3) is 0.286. The summed E-state index contributed by atoms with van der Waals surface area (Å²) in [7, 11) is 0. The van der Waals surface area contributed by atoms with Crippen molar-refractivity contribution in [1.29, 1.82) is 0 Å². The molecule has 1 atom stereocenters. The molecule has 1 heterocycles. The highest BCUT2D eigenvalue weighted by molar-refractivity contribution is 7.80. The van der Waals surface area contributed by atoms with Crippen molar-refractivity contribution in [1.82, 2.24) is 9.80 Å². The molecule has 2 aromatic carbocycles. The van der Waals surface area contributed by atoms with Crippen LogP contribution < -0.4 is 5.32 Å². The number of nitrogens with zero attached hydrogens (tertiary/aromatic N) is 2. The summed E-state index contributed by atoms with van der Waals surface area (Å²) in [5.41, 5.74) is 1.45. The SMILES string of the molecule is CC(C)N1C(=S)N(Cc2ccc(F)cc2)C(=O)C1CC(=O)Nc1ccccc1. The van der Waals surface area contributed by atoms with Gasteiger partial charge in [-0.3, -0.25) is 14.5 Å². The van der Waals surface area contributed by atoms with Crippen molar-refractivity contribution in [2.75, 3.05) is 5.32 Å². The van der Waals surface area contributed by atoms with E-state index >= 15 is 0 Å². The first-order chi connectivity index (χ1) is 13.4. The number of nitrogens with one attached hydrogen (secondary N) is 1. The maximum absolute atomic E-state index is 13.1. The van der Waals surface area contributed by atoms with Crippen molar-refractivity contribution in [3.05, 3.63) is 66.0 Å². The lowest BCUT2D eigenvalue weighted by Crippen LogP contribution is -2.42. The molecular formula is C21H22FN3O2S. The molecule has 0 saturated carbocycles. The summed E-state index contributed by atoms with van der Waals surface area (Å²) in [6.07, 6.45) is 0.00592. The van der Waals surface area contributed by atoms with Crippen LogP contribution in [-0.4, -0.2) is 38.8 Å². The van der Waals surface area contributed by atoms with Crippen LogP contribution in [0.2, 0.25) is 0 Å². The van der Waals surface area contributed by atoms with Gasteiger partial charge in [0.05, 0.1) is 13.0 Å². The van der Waals surface area contributed by atoms with Crippen molar-refractivity contribution in [2.45, 2.75) is 38.9 Å². The van der Waals surface area contributed by atoms with Crippen LogP contribution in [0, 0.1) is 5.82 Å². The number of anilines is 1. The van der Waals surface area contributed by atoms with Crippen LogP contribution in [0.3, 0.4) is 0 Å². The topological polar surface area (TPSA) is 52.7 Å². The second-order valence-electron chi connectivity index (χ2n) is 6.97. The molecule has 1 saturated heterocycles. The Hall–Kier alpha value is -2.80. The fourth-order valence-electron chi connectivity index (χ4n) is 3.26. The number of hydrogen-bond acceptors (Lipinski definition) is 3. The monoisotopic (exact) mass is 399 g/mol. The smallest absolute Gasteiger partial charge is 0.252 e. The number of thiocarbonyl (C=S) groups is 1. The molecule has 3 rings (SSSR count). The number of halogens is 1. The molecule has 2 amide bonds. The van der Waals surface area contributed by atoms with Gasteiger partial charge in [0.25, 0.3) is 5.91 Å². The third-order valence-corrected chi connectivity index (χ3v) is 5.02. The minimum absolute atomic E-state index is 0.00592. The molecule has 146 valence electrons. The van der Waals surface area contributed by atoms with Crippen LogP contribution in [0.4, 0.5) is 10.1 Å². The molecular weight excluding hydrogens is 377 g/mol. The lowest BCUT2D eigenvalue weighted by Gasteiger charge is -2.27. The summed E-state index contributed by atoms with van der Waals surface area (Å²) in [4.78, 5) is 28.8. The van der Waals surface area contributed by atoms with Gasteiger partial charge in [0.2, 0.25) is 5.91 Å². The third-order valence-electron chi connectivity index (χ3n) is 4.59. The highest BCUT2D eigenvalue weighted by atomic mass is 32.1. The Labute approximate surface area is 169 Å². The van der Waals surface area contributed by atoms with Gasteiger partial charge in [-0.25, -0.2) is 4.39 Å². The molecule has 1 aliphatic heterocycles. The molecule has 1 fully saturated rings. The van der Waals surface area contributed by atoms with E-state index in [0.717, 1.165) is 5.56 Å². The standard InChI is InChI=1S/C21H22FN3O2S/c1-14(2)25-18(12-19(26)23-17-6-4-3-5-7-17)20(27)24(21(25)28)13-15-8-10-16(22)11-9-15/h3-11,14,18H,12-13H2,1-2H3,(H,23,26). The first-order valence-electron chi connectivity index (χ1n) is 9.10. The van der Waals surface area contributed by atoms with E-state index in [1.54, 1.807) is 29.2 Å². The molecule has 0 aromatic heterocycles. The van der Waals surface area contributed by atoms with Gasteiger partial charge < -0.3 is 10.2 Å². The summed E-state index contributed by atoms with van der Waals surface area (Å²) in [6, 6.07) is 14.4. The average molecular weight is 399 g/mol. The number of hydrogen-bond donors (Lipinski definition) is 1. The summed E-state index contributed by atoms with van der Waals surface area (Å²) in [6.45, 7) is 4.12. The third kappa shape index (κ3) is 4.36. The molecule has 5 nitrogen and oxygen atoms in total. The number of carbonyl (C=O) groups excluding carboxylic acids is 2. The number of carbonyl (C=O) groups is 2. The minimum Gasteiger partial charge on any atom is -0.334 e.